The molecule has 3 aromatic heterocycles. The van der Waals surface area contributed by atoms with Crippen LogP contribution in [0.1, 0.15) is 17.9 Å². The van der Waals surface area contributed by atoms with Crippen LogP contribution in [0.3, 0.4) is 0 Å². The number of rotatable bonds is 6. The number of aromatic nitrogens is 5. The number of hydrogen-bond acceptors (Lipinski definition) is 6. The van der Waals surface area contributed by atoms with E-state index in [-0.39, 0.29) is 17.3 Å². The number of fused-ring (bicyclic) bond motifs is 1. The molecule has 3 rings (SSSR count). The molecule has 0 aliphatic rings. The van der Waals surface area contributed by atoms with Gasteiger partial charge in [-0.2, -0.15) is 13.3 Å². The summed E-state index contributed by atoms with van der Waals surface area (Å²) in [5.41, 5.74) is -0.403. The molecule has 0 fully saturated rings. The Balaban J connectivity index is 1.80. The fourth-order valence-electron chi connectivity index (χ4n) is 2.06. The maximum Gasteiger partial charge on any atom is 0.306 e. The summed E-state index contributed by atoms with van der Waals surface area (Å²) < 4.78 is 59.8. The van der Waals surface area contributed by atoms with Crippen molar-refractivity contribution >= 4 is 11.5 Å². The number of alkyl halides is 4. The number of anilines is 1. The molecule has 3 aromatic rings. The smallest absolute Gasteiger partial charge is 0.306 e. The molecule has 0 aliphatic heterocycles. The minimum atomic E-state index is -3.33. The lowest BCUT2D eigenvalue weighted by atomic mass is 10.2. The van der Waals surface area contributed by atoms with Crippen molar-refractivity contribution in [1.29, 1.82) is 0 Å². The number of hydrogen-bond donors (Lipinski definition) is 1. The van der Waals surface area contributed by atoms with Crippen LogP contribution in [-0.2, 0) is 5.92 Å². The lowest BCUT2D eigenvalue weighted by Crippen LogP contribution is -2.26. The van der Waals surface area contributed by atoms with Gasteiger partial charge in [-0.05, 0) is 18.2 Å². The molecule has 0 radical (unpaired) electrons. The first-order valence-electron chi connectivity index (χ1n) is 7.04. The van der Waals surface area contributed by atoms with Crippen LogP contribution >= 0.6 is 0 Å². The van der Waals surface area contributed by atoms with E-state index < -0.39 is 30.4 Å². The third-order valence-electron chi connectivity index (χ3n) is 3.28. The van der Waals surface area contributed by atoms with Crippen molar-refractivity contribution in [3.05, 3.63) is 41.9 Å². The Morgan fingerprint density at radius 1 is 1.20 bits per heavy atom. The maximum atomic E-state index is 14.3. The maximum absolute atomic E-state index is 14.3. The third kappa shape index (κ3) is 3.44. The summed E-state index contributed by atoms with van der Waals surface area (Å²) in [6.45, 7) is -0.836. The average molecular weight is 356 g/mol. The van der Waals surface area contributed by atoms with Gasteiger partial charge in [0.2, 0.25) is 11.7 Å². The Kier molecular flexibility index (Phi) is 4.38. The number of nitrogens with one attached hydrogen (secondary N) is 1. The van der Waals surface area contributed by atoms with Crippen molar-refractivity contribution < 1.29 is 22.3 Å². The van der Waals surface area contributed by atoms with Crippen LogP contribution in [0.25, 0.3) is 5.65 Å². The van der Waals surface area contributed by atoms with E-state index in [0.29, 0.717) is 0 Å². The number of nitrogens with zero attached hydrogens (tertiary/aromatic N) is 5. The molecule has 132 valence electrons. The summed E-state index contributed by atoms with van der Waals surface area (Å²) in [5, 5.41) is 13.1. The first kappa shape index (κ1) is 16.9. The van der Waals surface area contributed by atoms with Gasteiger partial charge in [-0.3, -0.25) is 0 Å². The number of halogens is 4. The molecule has 0 aliphatic carbocycles. The fraction of sp³-hybridized carbons (Fsp3) is 0.286. The molecule has 11 heteroatoms. The van der Waals surface area contributed by atoms with E-state index in [9.17, 15) is 17.6 Å². The van der Waals surface area contributed by atoms with E-state index in [0.717, 1.165) is 10.6 Å². The first-order chi connectivity index (χ1) is 11.9. The fourth-order valence-corrected chi connectivity index (χ4v) is 2.06. The predicted molar refractivity (Wildman–Crippen MR) is 78.9 cm³/mol. The summed E-state index contributed by atoms with van der Waals surface area (Å²) in [6, 6.07) is 6.69. The van der Waals surface area contributed by atoms with Gasteiger partial charge in [-0.1, -0.05) is 6.07 Å². The predicted octanol–water partition coefficient (Wildman–Crippen LogP) is 2.67. The van der Waals surface area contributed by atoms with Crippen molar-refractivity contribution in [2.24, 2.45) is 0 Å². The molecule has 0 atom stereocenters. The van der Waals surface area contributed by atoms with E-state index >= 15 is 0 Å². The highest BCUT2D eigenvalue weighted by molar-refractivity contribution is 5.44. The second-order valence-corrected chi connectivity index (χ2v) is 4.97. The van der Waals surface area contributed by atoms with Crippen LogP contribution in [0.2, 0.25) is 0 Å². The van der Waals surface area contributed by atoms with Gasteiger partial charge in [0.25, 0.3) is 6.43 Å². The van der Waals surface area contributed by atoms with Crippen LogP contribution < -0.4 is 10.1 Å². The second kappa shape index (κ2) is 6.49. The Hall–Kier alpha value is -2.98. The molecule has 0 amide bonds. The molecule has 0 saturated carbocycles. The van der Waals surface area contributed by atoms with E-state index in [2.05, 4.69) is 25.6 Å². The summed E-state index contributed by atoms with van der Waals surface area (Å²) in [6.07, 6.45) is -2.89. The Labute approximate surface area is 138 Å². The monoisotopic (exact) mass is 356 g/mol. The molecule has 7 nitrogen and oxygen atoms in total. The van der Waals surface area contributed by atoms with E-state index in [1.165, 1.54) is 31.4 Å². The number of pyridine rings is 1. The van der Waals surface area contributed by atoms with Gasteiger partial charge >= 0.3 is 5.92 Å². The van der Waals surface area contributed by atoms with Crippen molar-refractivity contribution in [3.63, 3.8) is 0 Å². The topological polar surface area (TPSA) is 77.2 Å². The average Bonchev–Trinajstić information content (AvgIpc) is 3.03. The van der Waals surface area contributed by atoms with Crippen molar-refractivity contribution in [1.82, 2.24) is 24.8 Å². The molecular weight excluding hydrogens is 344 g/mol. The zero-order valence-electron chi connectivity index (χ0n) is 12.8. The zero-order valence-corrected chi connectivity index (χ0v) is 12.8. The summed E-state index contributed by atoms with van der Waals surface area (Å²) in [4.78, 5) is 3.70. The van der Waals surface area contributed by atoms with Gasteiger partial charge in [-0.15, -0.1) is 15.3 Å². The minimum absolute atomic E-state index is 0.0308. The highest BCUT2D eigenvalue weighted by atomic mass is 19.3. The molecule has 1 N–H and O–H groups in total. The second-order valence-electron chi connectivity index (χ2n) is 4.97. The number of ether oxygens (including phenoxy) is 1. The van der Waals surface area contributed by atoms with Crippen LogP contribution in [0.5, 0.6) is 5.88 Å². The van der Waals surface area contributed by atoms with E-state index in [4.69, 9.17) is 4.74 Å². The first-order valence-corrected chi connectivity index (χ1v) is 7.04. The van der Waals surface area contributed by atoms with Gasteiger partial charge in [0, 0.05) is 6.07 Å². The quantitative estimate of drug-likeness (QED) is 0.685. The van der Waals surface area contributed by atoms with Gasteiger partial charge in [0.05, 0.1) is 13.7 Å². The third-order valence-corrected chi connectivity index (χ3v) is 3.28. The Morgan fingerprint density at radius 3 is 2.72 bits per heavy atom. The van der Waals surface area contributed by atoms with Crippen molar-refractivity contribution in [3.8, 4) is 5.88 Å². The van der Waals surface area contributed by atoms with Crippen LogP contribution in [0, 0.1) is 0 Å². The molecule has 0 saturated heterocycles. The minimum Gasteiger partial charge on any atom is -0.481 e. The SMILES string of the molecule is COc1cccc(C(F)(F)CNc2ccc3nnc(C(F)F)n3n2)n1. The van der Waals surface area contributed by atoms with Crippen LogP contribution in [0.4, 0.5) is 23.4 Å². The molecule has 3 heterocycles. The molecule has 0 bridgehead atoms. The van der Waals surface area contributed by atoms with Gasteiger partial charge in [-0.25, -0.2) is 13.8 Å². The Bertz CT molecular complexity index is 885. The normalized spacial score (nSPS) is 11.9. The molecule has 0 spiro atoms. The van der Waals surface area contributed by atoms with Gasteiger partial charge < -0.3 is 10.1 Å². The molecule has 0 aromatic carbocycles. The zero-order chi connectivity index (χ0) is 18.0. The lowest BCUT2D eigenvalue weighted by molar-refractivity contribution is 0.00539. The highest BCUT2D eigenvalue weighted by Crippen LogP contribution is 2.28. The van der Waals surface area contributed by atoms with E-state index in [1.54, 1.807) is 0 Å². The van der Waals surface area contributed by atoms with Crippen LogP contribution in [0.15, 0.2) is 30.3 Å². The van der Waals surface area contributed by atoms with Gasteiger partial charge in [0.15, 0.2) is 5.65 Å². The standard InChI is InChI=1S/C14H12F4N6O/c1-25-11-4-2-3-8(20-11)14(17,18)7-19-9-5-6-10-21-22-13(12(15)16)24(10)23-9/h2-6,12H,7H2,1H3,(H,19,23). The molecule has 25 heavy (non-hydrogen) atoms. The molecule has 0 unspecified atom stereocenters. The van der Waals surface area contributed by atoms with E-state index in [1.807, 2.05) is 0 Å². The summed E-state index contributed by atoms with van der Waals surface area (Å²) >= 11 is 0. The summed E-state index contributed by atoms with van der Waals surface area (Å²) in [5.74, 6) is -3.97. The van der Waals surface area contributed by atoms with Gasteiger partial charge in [0.1, 0.15) is 11.5 Å². The van der Waals surface area contributed by atoms with Crippen LogP contribution in [-0.4, -0.2) is 38.4 Å². The van der Waals surface area contributed by atoms with Crippen molar-refractivity contribution in [2.45, 2.75) is 12.3 Å². The number of methoxy groups -OCH3 is 1. The lowest BCUT2D eigenvalue weighted by Gasteiger charge is -2.17. The molecular formula is C14H12F4N6O. The Morgan fingerprint density at radius 2 is 2.00 bits per heavy atom. The summed E-state index contributed by atoms with van der Waals surface area (Å²) in [7, 11) is 1.32. The highest BCUT2D eigenvalue weighted by Gasteiger charge is 2.33. The largest absolute Gasteiger partial charge is 0.481 e. The van der Waals surface area contributed by atoms with Crippen molar-refractivity contribution in [2.75, 3.05) is 19.0 Å².